The second kappa shape index (κ2) is 8.67. The fourth-order valence-corrected chi connectivity index (χ4v) is 2.41. The number of aliphatic imine (C=N–C) groups is 1. The first-order chi connectivity index (χ1) is 13.9. The first-order valence-electron chi connectivity index (χ1n) is 8.73. The van der Waals surface area contributed by atoms with Crippen molar-refractivity contribution in [2.45, 2.75) is 44.3 Å². The molecule has 30 heavy (non-hydrogen) atoms. The van der Waals surface area contributed by atoms with Crippen LogP contribution in [0.5, 0.6) is 5.75 Å². The maximum absolute atomic E-state index is 13.1. The molecule has 12 heteroatoms. The summed E-state index contributed by atoms with van der Waals surface area (Å²) in [5.74, 6) is -1.90. The number of nitrogens with zero attached hydrogens (tertiary/aromatic N) is 1. The highest BCUT2D eigenvalue weighted by Gasteiger charge is 2.61. The van der Waals surface area contributed by atoms with Crippen LogP contribution in [0.2, 0.25) is 0 Å². The van der Waals surface area contributed by atoms with E-state index < -0.39 is 41.6 Å². The lowest BCUT2D eigenvalue weighted by Gasteiger charge is -2.32. The van der Waals surface area contributed by atoms with Gasteiger partial charge in [0.1, 0.15) is 5.75 Å². The Morgan fingerprint density at radius 3 is 2.53 bits per heavy atom. The summed E-state index contributed by atoms with van der Waals surface area (Å²) in [5, 5.41) is 7.73. The SMILES string of the molecule is CCC(=O)N[C@@]1(C(=O)NC(C)c2cccc(OC(F)(F)C(F)(F)F)c2)C=NC=CN1. The average molecular weight is 434 g/mol. The smallest absolute Gasteiger partial charge is 0.426 e. The Bertz CT molecular complexity index is 856. The molecule has 1 aromatic rings. The molecule has 7 nitrogen and oxygen atoms in total. The van der Waals surface area contributed by atoms with E-state index in [1.165, 1.54) is 37.7 Å². The van der Waals surface area contributed by atoms with Crippen LogP contribution in [-0.4, -0.2) is 36.0 Å². The maximum atomic E-state index is 13.1. The van der Waals surface area contributed by atoms with E-state index in [9.17, 15) is 31.5 Å². The van der Waals surface area contributed by atoms with Gasteiger partial charge in [0.15, 0.2) is 0 Å². The van der Waals surface area contributed by atoms with Gasteiger partial charge >= 0.3 is 12.3 Å². The van der Waals surface area contributed by atoms with Crippen LogP contribution in [0.15, 0.2) is 41.7 Å². The van der Waals surface area contributed by atoms with Crippen LogP contribution >= 0.6 is 0 Å². The molecule has 2 atom stereocenters. The van der Waals surface area contributed by atoms with Crippen molar-refractivity contribution in [2.24, 2.45) is 4.99 Å². The molecular formula is C18H19F5N4O3. The van der Waals surface area contributed by atoms with Crippen molar-refractivity contribution in [3.8, 4) is 5.75 Å². The summed E-state index contributed by atoms with van der Waals surface area (Å²) in [4.78, 5) is 28.4. The van der Waals surface area contributed by atoms with Gasteiger partial charge in [-0.1, -0.05) is 19.1 Å². The Hall–Kier alpha value is -3.18. The summed E-state index contributed by atoms with van der Waals surface area (Å²) < 4.78 is 67.1. The van der Waals surface area contributed by atoms with E-state index in [4.69, 9.17) is 0 Å². The van der Waals surface area contributed by atoms with Gasteiger partial charge in [0, 0.05) is 18.8 Å². The molecule has 0 radical (unpaired) electrons. The minimum atomic E-state index is -5.88. The fourth-order valence-electron chi connectivity index (χ4n) is 2.41. The predicted octanol–water partition coefficient (Wildman–Crippen LogP) is 2.77. The number of benzene rings is 1. The van der Waals surface area contributed by atoms with Crippen molar-refractivity contribution in [1.29, 1.82) is 0 Å². The lowest BCUT2D eigenvalue weighted by atomic mass is 10.1. The van der Waals surface area contributed by atoms with Crippen LogP contribution in [0.25, 0.3) is 0 Å². The molecule has 0 aliphatic carbocycles. The number of rotatable bonds is 7. The molecule has 0 fully saturated rings. The fraction of sp³-hybridized carbons (Fsp3) is 0.389. The van der Waals surface area contributed by atoms with Crippen molar-refractivity contribution >= 4 is 18.0 Å². The zero-order valence-electron chi connectivity index (χ0n) is 15.9. The largest absolute Gasteiger partial charge is 0.499 e. The molecule has 0 spiro atoms. The summed E-state index contributed by atoms with van der Waals surface area (Å²) in [6, 6.07) is 3.66. The lowest BCUT2D eigenvalue weighted by molar-refractivity contribution is -0.360. The quantitative estimate of drug-likeness (QED) is 0.576. The van der Waals surface area contributed by atoms with Gasteiger partial charge in [-0.05, 0) is 24.6 Å². The average Bonchev–Trinajstić information content (AvgIpc) is 2.67. The number of amides is 2. The third-order valence-corrected chi connectivity index (χ3v) is 4.04. The van der Waals surface area contributed by atoms with Crippen LogP contribution < -0.4 is 20.7 Å². The zero-order valence-corrected chi connectivity index (χ0v) is 15.9. The van der Waals surface area contributed by atoms with Gasteiger partial charge in [-0.25, -0.2) is 0 Å². The number of nitrogens with one attached hydrogen (secondary N) is 3. The van der Waals surface area contributed by atoms with Crippen molar-refractivity contribution in [1.82, 2.24) is 16.0 Å². The third-order valence-electron chi connectivity index (χ3n) is 4.04. The van der Waals surface area contributed by atoms with Gasteiger partial charge in [0.05, 0.1) is 12.3 Å². The summed E-state index contributed by atoms with van der Waals surface area (Å²) in [6.07, 6.45) is -7.29. The minimum absolute atomic E-state index is 0.0939. The number of alkyl halides is 5. The molecule has 0 saturated carbocycles. The molecule has 1 aromatic carbocycles. The van der Waals surface area contributed by atoms with E-state index in [-0.39, 0.29) is 12.0 Å². The highest BCUT2D eigenvalue weighted by atomic mass is 19.4. The number of hydrogen-bond acceptors (Lipinski definition) is 5. The highest BCUT2D eigenvalue weighted by molar-refractivity contribution is 6.06. The molecule has 0 saturated heterocycles. The maximum Gasteiger partial charge on any atom is 0.499 e. The topological polar surface area (TPSA) is 91.8 Å². The van der Waals surface area contributed by atoms with E-state index in [0.29, 0.717) is 0 Å². The summed E-state index contributed by atoms with van der Waals surface area (Å²) in [7, 11) is 0. The first-order valence-corrected chi connectivity index (χ1v) is 8.73. The summed E-state index contributed by atoms with van der Waals surface area (Å²) in [6.45, 7) is 3.06. The number of carbonyl (C=O) groups is 2. The molecular weight excluding hydrogens is 415 g/mol. The van der Waals surface area contributed by atoms with Gasteiger partial charge in [0.2, 0.25) is 11.6 Å². The summed E-state index contributed by atoms with van der Waals surface area (Å²) >= 11 is 0. The van der Waals surface area contributed by atoms with Crippen molar-refractivity contribution in [3.63, 3.8) is 0 Å². The van der Waals surface area contributed by atoms with Crippen LogP contribution in [0, 0.1) is 0 Å². The van der Waals surface area contributed by atoms with Gasteiger partial charge in [-0.15, -0.1) is 0 Å². The van der Waals surface area contributed by atoms with Crippen LogP contribution in [0.4, 0.5) is 22.0 Å². The zero-order chi connectivity index (χ0) is 22.6. The Morgan fingerprint density at radius 1 is 1.27 bits per heavy atom. The second-order valence-electron chi connectivity index (χ2n) is 6.33. The molecule has 164 valence electrons. The predicted molar refractivity (Wildman–Crippen MR) is 96.6 cm³/mol. The standard InChI is InChI=1S/C18H19F5N4O3/c1-3-14(28)27-16(10-24-7-8-25-16)15(29)26-11(2)12-5-4-6-13(9-12)30-18(22,23)17(19,20)21/h4-11,25H,3H2,1-2H3,(H,26,29)(H,27,28)/t11?,16-/m1/s1. The van der Waals surface area contributed by atoms with Crippen molar-refractivity contribution in [2.75, 3.05) is 0 Å². The molecule has 1 unspecified atom stereocenters. The Kier molecular flexibility index (Phi) is 6.68. The highest BCUT2D eigenvalue weighted by Crippen LogP contribution is 2.37. The first kappa shape index (κ1) is 23.1. The van der Waals surface area contributed by atoms with Gasteiger partial charge in [-0.2, -0.15) is 22.0 Å². The number of ether oxygens (including phenoxy) is 1. The molecule has 1 aliphatic rings. The van der Waals surface area contributed by atoms with E-state index >= 15 is 0 Å². The number of hydrogen-bond donors (Lipinski definition) is 3. The van der Waals surface area contributed by atoms with Crippen LogP contribution in [0.3, 0.4) is 0 Å². The van der Waals surface area contributed by atoms with E-state index in [2.05, 4.69) is 25.7 Å². The van der Waals surface area contributed by atoms with Crippen molar-refractivity contribution in [3.05, 3.63) is 42.2 Å². The van der Waals surface area contributed by atoms with Gasteiger partial charge in [-0.3, -0.25) is 14.6 Å². The third kappa shape index (κ3) is 5.24. The molecule has 3 N–H and O–H groups in total. The normalized spacial score (nSPS) is 19.6. The lowest BCUT2D eigenvalue weighted by Crippen LogP contribution is -2.67. The number of carbonyl (C=O) groups excluding carboxylic acids is 2. The Morgan fingerprint density at radius 2 is 1.97 bits per heavy atom. The van der Waals surface area contributed by atoms with Gasteiger partial charge in [0.25, 0.3) is 5.91 Å². The molecule has 1 heterocycles. The molecule has 0 bridgehead atoms. The molecule has 0 aromatic heterocycles. The van der Waals surface area contributed by atoms with E-state index in [1.807, 2.05) is 0 Å². The van der Waals surface area contributed by atoms with Crippen LogP contribution in [0.1, 0.15) is 31.9 Å². The Balaban J connectivity index is 2.17. The molecule has 2 rings (SSSR count). The van der Waals surface area contributed by atoms with E-state index in [1.54, 1.807) is 6.92 Å². The van der Waals surface area contributed by atoms with E-state index in [0.717, 1.165) is 12.1 Å². The summed E-state index contributed by atoms with van der Waals surface area (Å²) in [5.41, 5.74) is -1.49. The molecule has 2 amide bonds. The monoisotopic (exact) mass is 434 g/mol. The van der Waals surface area contributed by atoms with Crippen molar-refractivity contribution < 1.29 is 36.3 Å². The van der Waals surface area contributed by atoms with Gasteiger partial charge < -0.3 is 20.7 Å². The molecule has 1 aliphatic heterocycles. The minimum Gasteiger partial charge on any atom is -0.426 e. The number of halogens is 5. The van der Waals surface area contributed by atoms with Crippen LogP contribution in [-0.2, 0) is 9.59 Å². The second-order valence-corrected chi connectivity index (χ2v) is 6.33. The Labute approximate surface area is 168 Å².